The number of benzene rings is 2. The Morgan fingerprint density at radius 2 is 2.13 bits per heavy atom. The highest BCUT2D eigenvalue weighted by molar-refractivity contribution is 6.31. The third-order valence-electron chi connectivity index (χ3n) is 3.07. The van der Waals surface area contributed by atoms with Gasteiger partial charge in [0, 0.05) is 16.7 Å². The van der Waals surface area contributed by atoms with Crippen molar-refractivity contribution >= 4 is 29.2 Å². The van der Waals surface area contributed by atoms with Crippen molar-refractivity contribution in [1.29, 1.82) is 0 Å². The number of hydrogen-bond acceptors (Lipinski definition) is 6. The number of hydrogen-bond donors (Lipinski definition) is 2. The van der Waals surface area contributed by atoms with Crippen molar-refractivity contribution < 1.29 is 14.8 Å². The number of rotatable bonds is 5. The number of aryl methyl sites for hydroxylation is 1. The van der Waals surface area contributed by atoms with Crippen LogP contribution >= 0.6 is 11.6 Å². The van der Waals surface area contributed by atoms with Gasteiger partial charge < -0.3 is 9.84 Å². The molecular formula is C15H14ClN3O4. The number of nitro benzene ring substituents is 1. The van der Waals surface area contributed by atoms with E-state index in [2.05, 4.69) is 10.5 Å². The van der Waals surface area contributed by atoms with Crippen LogP contribution in [0.25, 0.3) is 0 Å². The minimum Gasteiger partial charge on any atom is -0.500 e. The largest absolute Gasteiger partial charge is 0.500 e. The van der Waals surface area contributed by atoms with Crippen molar-refractivity contribution in [2.45, 2.75) is 6.92 Å². The average molecular weight is 336 g/mol. The maximum Gasteiger partial charge on any atom is 0.315 e. The Hall–Kier alpha value is -2.80. The van der Waals surface area contributed by atoms with Gasteiger partial charge in [-0.3, -0.25) is 15.5 Å². The average Bonchev–Trinajstić information content (AvgIpc) is 2.51. The number of aromatic hydroxyl groups is 1. The van der Waals surface area contributed by atoms with E-state index < -0.39 is 16.4 Å². The summed E-state index contributed by atoms with van der Waals surface area (Å²) in [4.78, 5) is 10.2. The number of nitrogens with one attached hydrogen (secondary N) is 1. The summed E-state index contributed by atoms with van der Waals surface area (Å²) in [6.45, 7) is 1.89. The number of halogens is 1. The quantitative estimate of drug-likeness (QED) is 0.493. The number of ether oxygens (including phenoxy) is 1. The zero-order valence-corrected chi connectivity index (χ0v) is 13.2. The first-order valence-corrected chi connectivity index (χ1v) is 6.90. The van der Waals surface area contributed by atoms with Crippen molar-refractivity contribution in [3.63, 3.8) is 0 Å². The molecule has 0 aliphatic heterocycles. The monoisotopic (exact) mass is 335 g/mol. The fourth-order valence-electron chi connectivity index (χ4n) is 1.83. The molecule has 0 saturated carbocycles. The summed E-state index contributed by atoms with van der Waals surface area (Å²) in [5.41, 5.74) is 4.34. The Balaban J connectivity index is 2.23. The van der Waals surface area contributed by atoms with E-state index in [-0.39, 0.29) is 5.75 Å². The summed E-state index contributed by atoms with van der Waals surface area (Å²) in [6.07, 6.45) is 1.38. The minimum atomic E-state index is -0.692. The summed E-state index contributed by atoms with van der Waals surface area (Å²) in [5, 5.41) is 25.2. The van der Waals surface area contributed by atoms with Gasteiger partial charge in [-0.15, -0.1) is 0 Å². The number of nitro groups is 1. The number of methoxy groups -OCH3 is 1. The van der Waals surface area contributed by atoms with Crippen LogP contribution in [0.15, 0.2) is 35.4 Å². The first-order chi connectivity index (χ1) is 10.9. The smallest absolute Gasteiger partial charge is 0.315 e. The number of hydrazone groups is 1. The first-order valence-electron chi connectivity index (χ1n) is 6.53. The second-order valence-corrected chi connectivity index (χ2v) is 5.09. The van der Waals surface area contributed by atoms with Gasteiger partial charge >= 0.3 is 5.69 Å². The van der Waals surface area contributed by atoms with Crippen LogP contribution < -0.4 is 10.2 Å². The lowest BCUT2D eigenvalue weighted by molar-refractivity contribution is -0.386. The zero-order valence-electron chi connectivity index (χ0n) is 12.4. The second-order valence-electron chi connectivity index (χ2n) is 4.68. The fraction of sp³-hybridized carbons (Fsp3) is 0.133. The maximum atomic E-state index is 10.9. The molecule has 0 amide bonds. The standard InChI is InChI=1S/C15H14ClN3O4/c1-9-3-4-11(7-12(9)16)18-17-8-10-5-13(19(21)22)15(20)14(6-10)23-2/h3-8,18,20H,1-2H3. The lowest BCUT2D eigenvalue weighted by Crippen LogP contribution is -1.96. The van der Waals surface area contributed by atoms with Gasteiger partial charge in [-0.1, -0.05) is 17.7 Å². The maximum absolute atomic E-state index is 10.9. The summed E-state index contributed by atoms with van der Waals surface area (Å²) >= 11 is 6.01. The van der Waals surface area contributed by atoms with Crippen molar-refractivity contribution in [3.05, 3.63) is 56.6 Å². The van der Waals surface area contributed by atoms with Gasteiger partial charge in [0.1, 0.15) is 0 Å². The van der Waals surface area contributed by atoms with Crippen LogP contribution in [0.4, 0.5) is 11.4 Å². The molecule has 0 bridgehead atoms. The summed E-state index contributed by atoms with van der Waals surface area (Å²) in [6, 6.07) is 8.00. The Bertz CT molecular complexity index is 778. The van der Waals surface area contributed by atoms with Crippen LogP contribution in [-0.4, -0.2) is 23.4 Å². The molecule has 23 heavy (non-hydrogen) atoms. The molecule has 0 unspecified atom stereocenters. The van der Waals surface area contributed by atoms with Crippen LogP contribution in [0.5, 0.6) is 11.5 Å². The molecule has 0 aliphatic carbocycles. The van der Waals surface area contributed by atoms with E-state index in [0.717, 1.165) is 5.56 Å². The normalized spacial score (nSPS) is 10.7. The van der Waals surface area contributed by atoms with Gasteiger partial charge in [0.05, 0.1) is 23.9 Å². The van der Waals surface area contributed by atoms with Crippen molar-refractivity contribution in [2.24, 2.45) is 5.10 Å². The van der Waals surface area contributed by atoms with E-state index >= 15 is 0 Å². The van der Waals surface area contributed by atoms with E-state index in [1.54, 1.807) is 12.1 Å². The SMILES string of the molecule is COc1cc(C=NNc2ccc(C)c(Cl)c2)cc([N+](=O)[O-])c1O. The van der Waals surface area contributed by atoms with E-state index in [1.165, 1.54) is 25.5 Å². The van der Waals surface area contributed by atoms with Gasteiger partial charge in [0.25, 0.3) is 0 Å². The van der Waals surface area contributed by atoms with Crippen LogP contribution in [0.3, 0.4) is 0 Å². The highest BCUT2D eigenvalue weighted by Gasteiger charge is 2.19. The van der Waals surface area contributed by atoms with Gasteiger partial charge in [0.2, 0.25) is 5.75 Å². The molecule has 0 atom stereocenters. The summed E-state index contributed by atoms with van der Waals surface area (Å²) in [7, 11) is 1.31. The molecular weight excluding hydrogens is 322 g/mol. The highest BCUT2D eigenvalue weighted by atomic mass is 35.5. The molecule has 2 aromatic rings. The molecule has 0 saturated heterocycles. The molecule has 0 aliphatic rings. The molecule has 2 aromatic carbocycles. The molecule has 2 N–H and O–H groups in total. The lowest BCUT2D eigenvalue weighted by Gasteiger charge is -2.05. The molecule has 0 aromatic heterocycles. The number of phenols is 1. The number of anilines is 1. The predicted octanol–water partition coefficient (Wildman–Crippen LogP) is 3.72. The molecule has 2 rings (SSSR count). The van der Waals surface area contributed by atoms with Crippen LogP contribution in [-0.2, 0) is 0 Å². The van der Waals surface area contributed by atoms with Crippen LogP contribution in [0, 0.1) is 17.0 Å². The summed E-state index contributed by atoms with van der Waals surface area (Å²) in [5.74, 6) is -0.521. The fourth-order valence-corrected chi connectivity index (χ4v) is 2.01. The number of phenolic OH excluding ortho intramolecular Hbond substituents is 1. The molecule has 0 radical (unpaired) electrons. The van der Waals surface area contributed by atoms with Crippen molar-refractivity contribution in [1.82, 2.24) is 0 Å². The van der Waals surface area contributed by atoms with E-state index in [4.69, 9.17) is 16.3 Å². The Morgan fingerprint density at radius 3 is 2.74 bits per heavy atom. The molecule has 0 heterocycles. The predicted molar refractivity (Wildman–Crippen MR) is 88.7 cm³/mol. The lowest BCUT2D eigenvalue weighted by atomic mass is 10.2. The van der Waals surface area contributed by atoms with E-state index in [9.17, 15) is 15.2 Å². The molecule has 0 spiro atoms. The molecule has 7 nitrogen and oxygen atoms in total. The Kier molecular flexibility index (Phi) is 5.02. The topological polar surface area (TPSA) is 97.0 Å². The van der Waals surface area contributed by atoms with Crippen LogP contribution in [0.2, 0.25) is 5.02 Å². The third kappa shape index (κ3) is 3.89. The molecule has 120 valence electrons. The van der Waals surface area contributed by atoms with Gasteiger partial charge in [0.15, 0.2) is 5.75 Å². The van der Waals surface area contributed by atoms with E-state index in [1.807, 2.05) is 13.0 Å². The second kappa shape index (κ2) is 6.97. The van der Waals surface area contributed by atoms with Crippen LogP contribution in [0.1, 0.15) is 11.1 Å². The van der Waals surface area contributed by atoms with Gasteiger partial charge in [-0.05, 0) is 30.7 Å². The zero-order chi connectivity index (χ0) is 17.0. The first kappa shape index (κ1) is 16.6. The Labute approximate surface area is 137 Å². The van der Waals surface area contributed by atoms with Gasteiger partial charge in [-0.25, -0.2) is 0 Å². The highest BCUT2D eigenvalue weighted by Crippen LogP contribution is 2.36. The van der Waals surface area contributed by atoms with Crippen molar-refractivity contribution in [2.75, 3.05) is 12.5 Å². The Morgan fingerprint density at radius 1 is 1.39 bits per heavy atom. The summed E-state index contributed by atoms with van der Waals surface area (Å²) < 4.78 is 4.92. The number of nitrogens with zero attached hydrogens (tertiary/aromatic N) is 2. The molecule has 8 heteroatoms. The van der Waals surface area contributed by atoms with E-state index in [0.29, 0.717) is 16.3 Å². The molecule has 0 fully saturated rings. The third-order valence-corrected chi connectivity index (χ3v) is 3.48. The minimum absolute atomic E-state index is 0.000898. The van der Waals surface area contributed by atoms with Crippen molar-refractivity contribution in [3.8, 4) is 11.5 Å². The van der Waals surface area contributed by atoms with Gasteiger partial charge in [-0.2, -0.15) is 5.10 Å².